The van der Waals surface area contributed by atoms with Gasteiger partial charge in [0, 0.05) is 25.4 Å². The van der Waals surface area contributed by atoms with Gasteiger partial charge < -0.3 is 15.5 Å². The lowest BCUT2D eigenvalue weighted by atomic mass is 10.1. The molecule has 0 unspecified atom stereocenters. The van der Waals surface area contributed by atoms with E-state index >= 15 is 0 Å². The first-order valence-corrected chi connectivity index (χ1v) is 5.16. The largest absolute Gasteiger partial charge is 0.481 e. The van der Waals surface area contributed by atoms with Gasteiger partial charge in [-0.2, -0.15) is 0 Å². The average molecular weight is 238 g/mol. The van der Waals surface area contributed by atoms with Crippen LogP contribution in [0.4, 0.5) is 0 Å². The highest BCUT2D eigenvalue weighted by atomic mass is 16.4. The maximum atomic E-state index is 10.9. The van der Waals surface area contributed by atoms with E-state index in [9.17, 15) is 9.59 Å². The summed E-state index contributed by atoms with van der Waals surface area (Å²) in [5.41, 5.74) is 0.856. The van der Waals surface area contributed by atoms with Crippen molar-refractivity contribution in [1.29, 1.82) is 0 Å². The molecule has 6 heteroatoms. The Kier molecular flexibility index (Phi) is 5.09. The Morgan fingerprint density at radius 1 is 1.41 bits per heavy atom. The molecule has 0 spiro atoms. The normalized spacial score (nSPS) is 12.0. The van der Waals surface area contributed by atoms with Gasteiger partial charge in [0.15, 0.2) is 0 Å². The fourth-order valence-electron chi connectivity index (χ4n) is 1.32. The van der Waals surface area contributed by atoms with E-state index in [1.54, 1.807) is 18.5 Å². The molecule has 1 heterocycles. The number of carbonyl (C=O) groups is 2. The minimum atomic E-state index is -1.05. The second-order valence-corrected chi connectivity index (χ2v) is 3.57. The molecule has 0 aliphatic rings. The summed E-state index contributed by atoms with van der Waals surface area (Å²) in [5.74, 6) is -2.05. The highest BCUT2D eigenvalue weighted by Crippen LogP contribution is 2.01. The highest BCUT2D eigenvalue weighted by molar-refractivity contribution is 5.75. The van der Waals surface area contributed by atoms with Crippen molar-refractivity contribution in [2.75, 3.05) is 0 Å². The quantitative estimate of drug-likeness (QED) is 0.639. The van der Waals surface area contributed by atoms with E-state index in [4.69, 9.17) is 10.2 Å². The molecule has 92 valence electrons. The molecule has 0 aliphatic heterocycles. The van der Waals surface area contributed by atoms with Gasteiger partial charge >= 0.3 is 11.9 Å². The van der Waals surface area contributed by atoms with E-state index < -0.39 is 18.0 Å². The molecule has 1 rings (SSSR count). The number of carboxylic acids is 2. The fourth-order valence-corrected chi connectivity index (χ4v) is 1.32. The maximum Gasteiger partial charge on any atom is 0.320 e. The second kappa shape index (κ2) is 6.59. The smallest absolute Gasteiger partial charge is 0.320 e. The topological polar surface area (TPSA) is 99.5 Å². The molecule has 0 saturated heterocycles. The molecule has 6 nitrogen and oxygen atoms in total. The fraction of sp³-hybridized carbons (Fsp3) is 0.364. The summed E-state index contributed by atoms with van der Waals surface area (Å²) >= 11 is 0. The number of nitrogens with zero attached hydrogens (tertiary/aromatic N) is 1. The molecule has 0 aliphatic carbocycles. The van der Waals surface area contributed by atoms with Crippen molar-refractivity contribution in [2.24, 2.45) is 0 Å². The number of rotatable bonds is 7. The third kappa shape index (κ3) is 5.07. The van der Waals surface area contributed by atoms with Crippen molar-refractivity contribution >= 4 is 11.9 Å². The van der Waals surface area contributed by atoms with Crippen LogP contribution >= 0.6 is 0 Å². The Balaban J connectivity index is 2.45. The van der Waals surface area contributed by atoms with Crippen molar-refractivity contribution in [3.63, 3.8) is 0 Å². The first-order valence-electron chi connectivity index (χ1n) is 5.16. The zero-order valence-corrected chi connectivity index (χ0v) is 9.17. The van der Waals surface area contributed by atoms with Gasteiger partial charge in [-0.3, -0.25) is 14.6 Å². The zero-order chi connectivity index (χ0) is 12.7. The van der Waals surface area contributed by atoms with Gasteiger partial charge in [-0.1, -0.05) is 6.07 Å². The highest BCUT2D eigenvalue weighted by Gasteiger charge is 2.17. The molecular weight excluding hydrogens is 224 g/mol. The molecule has 0 aromatic carbocycles. The van der Waals surface area contributed by atoms with Crippen molar-refractivity contribution in [1.82, 2.24) is 10.3 Å². The van der Waals surface area contributed by atoms with Crippen LogP contribution in [0.15, 0.2) is 24.5 Å². The first kappa shape index (κ1) is 13.1. The van der Waals surface area contributed by atoms with Crippen LogP contribution < -0.4 is 5.32 Å². The molecule has 0 radical (unpaired) electrons. The van der Waals surface area contributed by atoms with Crippen LogP contribution in [0.1, 0.15) is 18.4 Å². The summed E-state index contributed by atoms with van der Waals surface area (Å²) in [7, 11) is 0. The Labute approximate surface area is 98.3 Å². The first-order chi connectivity index (χ1) is 8.09. The summed E-state index contributed by atoms with van der Waals surface area (Å²) in [6.07, 6.45) is 3.15. The summed E-state index contributed by atoms with van der Waals surface area (Å²) in [6.45, 7) is 0.352. The Bertz CT molecular complexity index is 380. The maximum absolute atomic E-state index is 10.9. The number of hydrogen-bond acceptors (Lipinski definition) is 4. The lowest BCUT2D eigenvalue weighted by Crippen LogP contribution is -2.36. The minimum Gasteiger partial charge on any atom is -0.481 e. The molecule has 0 saturated carbocycles. The van der Waals surface area contributed by atoms with E-state index in [-0.39, 0.29) is 12.8 Å². The summed E-state index contributed by atoms with van der Waals surface area (Å²) < 4.78 is 0. The monoisotopic (exact) mass is 238 g/mol. The number of aliphatic carboxylic acids is 2. The van der Waals surface area contributed by atoms with Crippen LogP contribution in [-0.2, 0) is 16.1 Å². The average Bonchev–Trinajstić information content (AvgIpc) is 2.29. The van der Waals surface area contributed by atoms with E-state index in [0.717, 1.165) is 5.56 Å². The number of hydrogen-bond donors (Lipinski definition) is 3. The SMILES string of the molecule is O=C(O)CC[C@@H](NCc1cccnc1)C(=O)O. The van der Waals surface area contributed by atoms with Crippen molar-refractivity contribution in [2.45, 2.75) is 25.4 Å². The van der Waals surface area contributed by atoms with Crippen LogP contribution in [0, 0.1) is 0 Å². The summed E-state index contributed by atoms with van der Waals surface area (Å²) in [4.78, 5) is 25.1. The molecule has 1 aromatic heterocycles. The summed E-state index contributed by atoms with van der Waals surface area (Å²) in [6, 6.07) is 2.71. The van der Waals surface area contributed by atoms with Gasteiger partial charge in [0.25, 0.3) is 0 Å². The zero-order valence-electron chi connectivity index (χ0n) is 9.17. The number of carboxylic acid groups (broad SMARTS) is 2. The van der Waals surface area contributed by atoms with Gasteiger partial charge in [0.2, 0.25) is 0 Å². The van der Waals surface area contributed by atoms with E-state index in [2.05, 4.69) is 10.3 Å². The van der Waals surface area contributed by atoms with Crippen LogP contribution in [0.5, 0.6) is 0 Å². The minimum absolute atomic E-state index is 0.0604. The Hall–Kier alpha value is -1.95. The van der Waals surface area contributed by atoms with Crippen LogP contribution in [0.2, 0.25) is 0 Å². The van der Waals surface area contributed by atoms with Gasteiger partial charge in [-0.05, 0) is 18.1 Å². The molecule has 0 fully saturated rings. The lowest BCUT2D eigenvalue weighted by Gasteiger charge is -2.13. The van der Waals surface area contributed by atoms with Gasteiger partial charge in [0.1, 0.15) is 6.04 Å². The van der Waals surface area contributed by atoms with E-state index in [1.165, 1.54) is 0 Å². The predicted molar refractivity (Wildman–Crippen MR) is 59.4 cm³/mol. The standard InChI is InChI=1S/C11H14N2O4/c14-10(15)4-3-9(11(16)17)13-7-8-2-1-5-12-6-8/h1-2,5-6,9,13H,3-4,7H2,(H,14,15)(H,16,17)/t9-/m1/s1. The summed E-state index contributed by atoms with van der Waals surface area (Å²) in [5, 5.41) is 20.2. The lowest BCUT2D eigenvalue weighted by molar-refractivity contribution is -0.140. The predicted octanol–water partition coefficient (Wildman–Crippen LogP) is 0.489. The number of pyridine rings is 1. The van der Waals surface area contributed by atoms with E-state index in [0.29, 0.717) is 6.54 Å². The molecular formula is C11H14N2O4. The van der Waals surface area contributed by atoms with Crippen LogP contribution in [-0.4, -0.2) is 33.2 Å². The van der Waals surface area contributed by atoms with Gasteiger partial charge in [-0.15, -0.1) is 0 Å². The number of nitrogens with one attached hydrogen (secondary N) is 1. The second-order valence-electron chi connectivity index (χ2n) is 3.57. The Morgan fingerprint density at radius 3 is 2.71 bits per heavy atom. The molecule has 0 bridgehead atoms. The van der Waals surface area contributed by atoms with Gasteiger partial charge in [0.05, 0.1) is 0 Å². The van der Waals surface area contributed by atoms with Crippen molar-refractivity contribution in [3.05, 3.63) is 30.1 Å². The Morgan fingerprint density at radius 2 is 2.18 bits per heavy atom. The molecule has 0 amide bonds. The molecule has 17 heavy (non-hydrogen) atoms. The number of aromatic nitrogens is 1. The molecule has 1 aromatic rings. The van der Waals surface area contributed by atoms with Gasteiger partial charge in [-0.25, -0.2) is 0 Å². The van der Waals surface area contributed by atoms with Crippen LogP contribution in [0.25, 0.3) is 0 Å². The van der Waals surface area contributed by atoms with Crippen molar-refractivity contribution in [3.8, 4) is 0 Å². The third-order valence-corrected chi connectivity index (χ3v) is 2.22. The van der Waals surface area contributed by atoms with Crippen LogP contribution in [0.3, 0.4) is 0 Å². The van der Waals surface area contributed by atoms with Crippen molar-refractivity contribution < 1.29 is 19.8 Å². The molecule has 1 atom stereocenters. The third-order valence-electron chi connectivity index (χ3n) is 2.22. The van der Waals surface area contributed by atoms with E-state index in [1.807, 2.05) is 6.07 Å². The molecule has 3 N–H and O–H groups in total.